The molecule has 0 saturated carbocycles. The largest absolute Gasteiger partial charge is 0.507 e. The molecule has 0 radical (unpaired) electrons. The average Bonchev–Trinajstić information content (AvgIpc) is 2.57. The zero-order chi connectivity index (χ0) is 19.2. The van der Waals surface area contributed by atoms with Crippen LogP contribution in [0.5, 0.6) is 11.5 Å². The third-order valence-corrected chi connectivity index (χ3v) is 3.67. The van der Waals surface area contributed by atoms with Crippen LogP contribution in [0.3, 0.4) is 0 Å². The molecule has 6 heteroatoms. The van der Waals surface area contributed by atoms with Gasteiger partial charge in [-0.05, 0) is 34.7 Å². The summed E-state index contributed by atoms with van der Waals surface area (Å²) < 4.78 is 5.39. The van der Waals surface area contributed by atoms with Crippen LogP contribution in [0.25, 0.3) is 0 Å². The van der Waals surface area contributed by atoms with Crippen molar-refractivity contribution in [3.63, 3.8) is 0 Å². The highest BCUT2D eigenvalue weighted by atomic mass is 16.6. The van der Waals surface area contributed by atoms with Crippen LogP contribution in [0.4, 0.5) is 0 Å². The number of nitrogens with zero attached hydrogens (tertiary/aromatic N) is 1. The van der Waals surface area contributed by atoms with Crippen LogP contribution >= 0.6 is 0 Å². The van der Waals surface area contributed by atoms with E-state index < -0.39 is 5.97 Å². The van der Waals surface area contributed by atoms with Crippen LogP contribution in [0.2, 0.25) is 0 Å². The second kappa shape index (κ2) is 8.38. The minimum Gasteiger partial charge on any atom is -0.507 e. The van der Waals surface area contributed by atoms with E-state index >= 15 is 0 Å². The lowest BCUT2D eigenvalue weighted by Gasteiger charge is -2.19. The third kappa shape index (κ3) is 5.51. The topological polar surface area (TPSA) is 88.4 Å². The van der Waals surface area contributed by atoms with Crippen molar-refractivity contribution in [1.29, 1.82) is 0 Å². The van der Waals surface area contributed by atoms with Gasteiger partial charge in [0.2, 0.25) is 0 Å². The van der Waals surface area contributed by atoms with Gasteiger partial charge in [0.15, 0.2) is 6.61 Å². The molecule has 0 unspecified atom stereocenters. The summed E-state index contributed by atoms with van der Waals surface area (Å²) in [4.78, 5) is 16.0. The summed E-state index contributed by atoms with van der Waals surface area (Å²) in [5, 5.41) is 22.4. The average molecular weight is 357 g/mol. The molecule has 26 heavy (non-hydrogen) atoms. The Balaban J connectivity index is 1.80. The summed E-state index contributed by atoms with van der Waals surface area (Å²) in [6.45, 7) is 6.88. The number of carboxylic acid groups (broad SMARTS) is 1. The van der Waals surface area contributed by atoms with E-state index in [9.17, 15) is 9.90 Å². The smallest absolute Gasteiger partial charge is 0.339 e. The van der Waals surface area contributed by atoms with Crippen molar-refractivity contribution in [3.05, 3.63) is 59.2 Å². The lowest BCUT2D eigenvalue weighted by molar-refractivity contribution is 0.0693. The van der Waals surface area contributed by atoms with Gasteiger partial charge in [-0.1, -0.05) is 44.1 Å². The van der Waals surface area contributed by atoms with E-state index in [1.54, 1.807) is 6.21 Å². The highest BCUT2D eigenvalue weighted by Crippen LogP contribution is 2.24. The van der Waals surface area contributed by atoms with Crippen molar-refractivity contribution < 1.29 is 24.6 Å². The first-order chi connectivity index (χ1) is 12.3. The first kappa shape index (κ1) is 19.3. The molecule has 6 nitrogen and oxygen atoms in total. The Labute approximate surface area is 152 Å². The predicted octanol–water partition coefficient (Wildman–Crippen LogP) is 3.82. The number of aromatic hydroxyl groups is 1. The first-order valence-electron chi connectivity index (χ1n) is 8.22. The van der Waals surface area contributed by atoms with Crippen LogP contribution in [-0.4, -0.2) is 35.6 Å². The maximum Gasteiger partial charge on any atom is 0.339 e. The molecule has 138 valence electrons. The fraction of sp³-hybridized carbons (Fsp3) is 0.300. The molecule has 0 spiro atoms. The maximum atomic E-state index is 10.8. The van der Waals surface area contributed by atoms with Crippen molar-refractivity contribution in [2.45, 2.75) is 26.2 Å². The molecule has 0 atom stereocenters. The summed E-state index contributed by atoms with van der Waals surface area (Å²) in [5.41, 5.74) is 2.07. The lowest BCUT2D eigenvalue weighted by atomic mass is 9.86. The van der Waals surface area contributed by atoms with Gasteiger partial charge in [-0.2, -0.15) is 0 Å². The normalized spacial score (nSPS) is 11.5. The monoisotopic (exact) mass is 357 g/mol. The molecule has 0 aliphatic heterocycles. The van der Waals surface area contributed by atoms with Crippen LogP contribution in [0.15, 0.2) is 47.6 Å². The van der Waals surface area contributed by atoms with Gasteiger partial charge in [0.1, 0.15) is 23.7 Å². The maximum absolute atomic E-state index is 10.8. The minimum atomic E-state index is -1.19. The van der Waals surface area contributed by atoms with E-state index in [1.165, 1.54) is 23.8 Å². The second-order valence-electron chi connectivity index (χ2n) is 6.78. The van der Waals surface area contributed by atoms with Gasteiger partial charge in [-0.25, -0.2) is 4.79 Å². The first-order valence-corrected chi connectivity index (χ1v) is 8.22. The number of ether oxygens (including phenoxy) is 1. The summed E-state index contributed by atoms with van der Waals surface area (Å²) in [6.07, 6.45) is 1.64. The predicted molar refractivity (Wildman–Crippen MR) is 99.2 cm³/mol. The Morgan fingerprint density at radius 2 is 1.92 bits per heavy atom. The van der Waals surface area contributed by atoms with Crippen molar-refractivity contribution in [2.75, 3.05) is 13.2 Å². The number of hydrogen-bond acceptors (Lipinski definition) is 5. The van der Waals surface area contributed by atoms with Crippen LogP contribution < -0.4 is 4.74 Å². The number of benzene rings is 2. The van der Waals surface area contributed by atoms with E-state index in [4.69, 9.17) is 14.7 Å². The Bertz CT molecular complexity index is 793. The Morgan fingerprint density at radius 3 is 2.58 bits per heavy atom. The van der Waals surface area contributed by atoms with Crippen molar-refractivity contribution in [2.24, 2.45) is 5.16 Å². The zero-order valence-electron chi connectivity index (χ0n) is 15.1. The van der Waals surface area contributed by atoms with Crippen LogP contribution in [0, 0.1) is 0 Å². The SMILES string of the molecule is CC(C)(C)c1cccc(C=NOCCOc2ccc(C(=O)O)c(O)c2)c1. The lowest BCUT2D eigenvalue weighted by Crippen LogP contribution is -2.11. The number of carboxylic acids is 1. The summed E-state index contributed by atoms with van der Waals surface area (Å²) >= 11 is 0. The van der Waals surface area contributed by atoms with Gasteiger partial charge in [0.25, 0.3) is 0 Å². The van der Waals surface area contributed by atoms with E-state index in [1.807, 2.05) is 12.1 Å². The molecule has 2 N–H and O–H groups in total. The van der Waals surface area contributed by atoms with Crippen molar-refractivity contribution in [1.82, 2.24) is 0 Å². The number of hydrogen-bond donors (Lipinski definition) is 2. The minimum absolute atomic E-state index is 0.0697. The molecule has 0 heterocycles. The van der Waals surface area contributed by atoms with E-state index in [2.05, 4.69) is 38.1 Å². The van der Waals surface area contributed by atoms with E-state index in [0.29, 0.717) is 5.75 Å². The molecule has 2 aromatic rings. The van der Waals surface area contributed by atoms with Gasteiger partial charge < -0.3 is 19.8 Å². The van der Waals surface area contributed by atoms with Gasteiger partial charge in [0.05, 0.1) is 6.21 Å². The Kier molecular flexibility index (Phi) is 6.22. The summed E-state index contributed by atoms with van der Waals surface area (Å²) in [6, 6.07) is 12.1. The number of rotatable bonds is 7. The Morgan fingerprint density at radius 1 is 1.15 bits per heavy atom. The third-order valence-electron chi connectivity index (χ3n) is 3.67. The second-order valence-corrected chi connectivity index (χ2v) is 6.78. The molecule has 2 aromatic carbocycles. The van der Waals surface area contributed by atoms with Gasteiger partial charge in [0, 0.05) is 6.07 Å². The molecule has 0 amide bonds. The number of phenols is 1. The van der Waals surface area contributed by atoms with Crippen molar-refractivity contribution in [3.8, 4) is 11.5 Å². The van der Waals surface area contributed by atoms with Crippen molar-refractivity contribution >= 4 is 12.2 Å². The molecule has 0 fully saturated rings. The van der Waals surface area contributed by atoms with E-state index in [-0.39, 0.29) is 29.9 Å². The Hall–Kier alpha value is -3.02. The van der Waals surface area contributed by atoms with E-state index in [0.717, 1.165) is 5.56 Å². The molecule has 0 aliphatic rings. The molecular formula is C20H23NO5. The summed E-state index contributed by atoms with van der Waals surface area (Å²) in [7, 11) is 0. The van der Waals surface area contributed by atoms with Gasteiger partial charge in [-0.3, -0.25) is 0 Å². The quantitative estimate of drug-likeness (QED) is 0.447. The zero-order valence-corrected chi connectivity index (χ0v) is 15.1. The summed E-state index contributed by atoms with van der Waals surface area (Å²) in [5.74, 6) is -1.17. The molecule has 0 aromatic heterocycles. The standard InChI is InChI=1S/C20H23NO5/c1-20(2,3)15-6-4-5-14(11-15)13-21-26-10-9-25-16-7-8-17(19(23)24)18(22)12-16/h4-8,11-13,22H,9-10H2,1-3H3,(H,23,24). The molecule has 2 rings (SSSR count). The number of carbonyl (C=O) groups is 1. The van der Waals surface area contributed by atoms with Crippen LogP contribution in [-0.2, 0) is 10.3 Å². The molecular weight excluding hydrogens is 334 g/mol. The number of aromatic carboxylic acids is 1. The number of oxime groups is 1. The fourth-order valence-electron chi connectivity index (χ4n) is 2.22. The fourth-order valence-corrected chi connectivity index (χ4v) is 2.22. The van der Waals surface area contributed by atoms with Crippen LogP contribution in [0.1, 0.15) is 42.3 Å². The molecule has 0 saturated heterocycles. The molecule has 0 aliphatic carbocycles. The highest BCUT2D eigenvalue weighted by Gasteiger charge is 2.13. The van der Waals surface area contributed by atoms with Gasteiger partial charge >= 0.3 is 5.97 Å². The van der Waals surface area contributed by atoms with Gasteiger partial charge in [-0.15, -0.1) is 0 Å². The highest BCUT2D eigenvalue weighted by molar-refractivity contribution is 5.90. The molecule has 0 bridgehead atoms.